The van der Waals surface area contributed by atoms with Crippen molar-refractivity contribution >= 4 is 49.7 Å². The third-order valence-corrected chi connectivity index (χ3v) is 3.70. The Balaban J connectivity index is 0. The molecule has 0 fully saturated rings. The molecule has 0 radical (unpaired) electrons. The van der Waals surface area contributed by atoms with Crippen LogP contribution in [0, 0.1) is 5.41 Å². The van der Waals surface area contributed by atoms with Gasteiger partial charge in [-0.25, -0.2) is 0 Å². The van der Waals surface area contributed by atoms with Crippen molar-refractivity contribution in [3.63, 3.8) is 0 Å². The summed E-state index contributed by atoms with van der Waals surface area (Å²) in [6, 6.07) is 0. The van der Waals surface area contributed by atoms with Crippen LogP contribution in [-0.4, -0.2) is 49.7 Å². The fraction of sp³-hybridized carbons (Fsp3) is 0.867. The maximum absolute atomic E-state index is 11.3. The maximum atomic E-state index is 11.3. The summed E-state index contributed by atoms with van der Waals surface area (Å²) in [5.74, 6) is -2.97. The Bertz CT molecular complexity index is 251. The van der Waals surface area contributed by atoms with Crippen LogP contribution in [0.4, 0.5) is 0 Å². The predicted molar refractivity (Wildman–Crippen MR) is 75.7 cm³/mol. The molecule has 5 heteroatoms. The first-order valence-electron chi connectivity index (χ1n) is 7.44. The third kappa shape index (κ3) is 7.84. The predicted octanol–water partition coefficient (Wildman–Crippen LogP) is 1.03. The molecule has 0 spiro atoms. The molecule has 0 aliphatic carbocycles. The van der Waals surface area contributed by atoms with Crippen LogP contribution in [0.3, 0.4) is 0 Å². The first-order chi connectivity index (χ1) is 9.01. The molecule has 0 amide bonds. The molecule has 0 saturated carbocycles. The third-order valence-electron chi connectivity index (χ3n) is 3.70. The molecule has 0 unspecified atom stereocenters. The monoisotopic (exact) mass is 310 g/mol. The van der Waals surface area contributed by atoms with Crippen LogP contribution in [0.25, 0.3) is 0 Å². The van der Waals surface area contributed by atoms with Gasteiger partial charge in [-0.05, 0) is 12.8 Å². The van der Waals surface area contributed by atoms with Gasteiger partial charge in [-0.2, -0.15) is 0 Å². The molecule has 112 valence electrons. The number of carbonyl (C=O) groups is 2. The van der Waals surface area contributed by atoms with E-state index in [1.54, 1.807) is 0 Å². The average molecular weight is 310 g/mol. The minimum absolute atomic E-state index is 0. The molecule has 0 saturated heterocycles. The molecule has 0 atom stereocenters. The van der Waals surface area contributed by atoms with Crippen molar-refractivity contribution in [2.45, 2.75) is 78.1 Å². The molecule has 0 N–H and O–H groups in total. The molecule has 0 rings (SSSR count). The maximum Gasteiger partial charge on any atom is 2.00 e. The molecule has 0 aromatic rings. The zero-order valence-corrected chi connectivity index (χ0v) is 15.1. The van der Waals surface area contributed by atoms with E-state index in [2.05, 4.69) is 13.8 Å². The summed E-state index contributed by atoms with van der Waals surface area (Å²) >= 11 is 0. The van der Waals surface area contributed by atoms with Crippen LogP contribution in [-0.2, 0) is 9.59 Å². The largest absolute Gasteiger partial charge is 2.00 e. The number of unbranched alkanes of at least 4 members (excludes halogenated alkanes) is 6. The van der Waals surface area contributed by atoms with Crippen LogP contribution in [0.15, 0.2) is 0 Å². The van der Waals surface area contributed by atoms with Crippen LogP contribution in [0.5, 0.6) is 0 Å². The van der Waals surface area contributed by atoms with Crippen LogP contribution in [0.2, 0.25) is 0 Å². The van der Waals surface area contributed by atoms with Crippen molar-refractivity contribution in [3.8, 4) is 0 Å². The van der Waals surface area contributed by atoms with Crippen molar-refractivity contribution in [3.05, 3.63) is 0 Å². The number of rotatable bonds is 12. The number of carbonyl (C=O) groups excluding carboxylic acids is 2. The SMILES string of the molecule is CCCCCCC(CCCCCC)(C(=O)[O-])C(=O)[O-].[Ca+2]. The van der Waals surface area contributed by atoms with Crippen molar-refractivity contribution in [2.24, 2.45) is 5.41 Å². The summed E-state index contributed by atoms with van der Waals surface area (Å²) in [6.45, 7) is 4.10. The molecule has 0 bridgehead atoms. The number of carboxylic acids is 2. The van der Waals surface area contributed by atoms with Crippen molar-refractivity contribution in [1.82, 2.24) is 0 Å². The Labute approximate surface area is 152 Å². The van der Waals surface area contributed by atoms with E-state index in [4.69, 9.17) is 0 Å². The Morgan fingerprint density at radius 3 is 1.35 bits per heavy atom. The Kier molecular flexibility index (Phi) is 14.5. The molecular formula is C15H26CaO4. The summed E-state index contributed by atoms with van der Waals surface area (Å²) in [7, 11) is 0. The second-order valence-electron chi connectivity index (χ2n) is 5.28. The number of aliphatic carboxylic acids is 2. The summed E-state index contributed by atoms with van der Waals surface area (Å²) < 4.78 is 0. The fourth-order valence-corrected chi connectivity index (χ4v) is 2.32. The Morgan fingerprint density at radius 1 is 0.750 bits per heavy atom. The normalized spacial score (nSPS) is 10.9. The summed E-state index contributed by atoms with van der Waals surface area (Å²) in [6.07, 6.45) is 7.21. The zero-order valence-electron chi connectivity index (χ0n) is 12.9. The van der Waals surface area contributed by atoms with Gasteiger partial charge >= 0.3 is 37.7 Å². The van der Waals surface area contributed by atoms with Gasteiger partial charge in [0.15, 0.2) is 0 Å². The van der Waals surface area contributed by atoms with Gasteiger partial charge in [0.05, 0.1) is 11.9 Å². The van der Waals surface area contributed by atoms with E-state index >= 15 is 0 Å². The van der Waals surface area contributed by atoms with Gasteiger partial charge < -0.3 is 19.8 Å². The molecule has 0 aromatic carbocycles. The zero-order chi connectivity index (χ0) is 14.7. The van der Waals surface area contributed by atoms with E-state index in [0.29, 0.717) is 12.8 Å². The first-order valence-corrected chi connectivity index (χ1v) is 7.44. The van der Waals surface area contributed by atoms with Crippen molar-refractivity contribution in [1.29, 1.82) is 0 Å². The molecule has 4 nitrogen and oxygen atoms in total. The molecule has 0 aliphatic heterocycles. The topological polar surface area (TPSA) is 80.3 Å². The average Bonchev–Trinajstić information content (AvgIpc) is 2.36. The first kappa shape index (κ1) is 22.5. The van der Waals surface area contributed by atoms with Gasteiger partial charge in [0.1, 0.15) is 0 Å². The van der Waals surface area contributed by atoms with E-state index in [1.807, 2.05) is 0 Å². The van der Waals surface area contributed by atoms with Gasteiger partial charge in [-0.15, -0.1) is 0 Å². The van der Waals surface area contributed by atoms with Crippen LogP contribution < -0.4 is 10.2 Å². The van der Waals surface area contributed by atoms with Crippen molar-refractivity contribution < 1.29 is 19.8 Å². The molecule has 0 heterocycles. The van der Waals surface area contributed by atoms with E-state index in [9.17, 15) is 19.8 Å². The van der Waals surface area contributed by atoms with Gasteiger partial charge in [0, 0.05) is 5.41 Å². The summed E-state index contributed by atoms with van der Waals surface area (Å²) in [5.41, 5.74) is -1.79. The van der Waals surface area contributed by atoms with Crippen LogP contribution >= 0.6 is 0 Å². The summed E-state index contributed by atoms with van der Waals surface area (Å²) in [4.78, 5) is 22.5. The Hall–Kier alpha value is 0.200. The Morgan fingerprint density at radius 2 is 1.10 bits per heavy atom. The minimum Gasteiger partial charge on any atom is -0.549 e. The standard InChI is InChI=1S/C15H28O4.Ca/c1-3-5-7-9-11-15(13(16)17,14(18)19)12-10-8-6-4-2;/h3-12H2,1-2H3,(H,16,17)(H,18,19);/q;+2/p-2. The summed E-state index contributed by atoms with van der Waals surface area (Å²) in [5, 5.41) is 22.5. The smallest absolute Gasteiger partial charge is 0.549 e. The van der Waals surface area contributed by atoms with Gasteiger partial charge in [-0.1, -0.05) is 65.2 Å². The molecule has 20 heavy (non-hydrogen) atoms. The minimum atomic E-state index is -1.79. The second-order valence-corrected chi connectivity index (χ2v) is 5.28. The fourth-order valence-electron chi connectivity index (χ4n) is 2.32. The van der Waals surface area contributed by atoms with Gasteiger partial charge in [0.2, 0.25) is 0 Å². The number of hydrogen-bond donors (Lipinski definition) is 0. The van der Waals surface area contributed by atoms with E-state index in [-0.39, 0.29) is 50.6 Å². The molecular weight excluding hydrogens is 284 g/mol. The van der Waals surface area contributed by atoms with E-state index in [1.165, 1.54) is 0 Å². The van der Waals surface area contributed by atoms with Gasteiger partial charge in [0.25, 0.3) is 0 Å². The quantitative estimate of drug-likeness (QED) is 0.306. The second kappa shape index (κ2) is 12.9. The van der Waals surface area contributed by atoms with Crippen LogP contribution in [0.1, 0.15) is 78.1 Å². The van der Waals surface area contributed by atoms with Crippen molar-refractivity contribution in [2.75, 3.05) is 0 Å². The number of carboxylic acid groups (broad SMARTS) is 2. The number of hydrogen-bond acceptors (Lipinski definition) is 4. The van der Waals surface area contributed by atoms with E-state index < -0.39 is 17.4 Å². The molecule has 0 aliphatic rings. The van der Waals surface area contributed by atoms with E-state index in [0.717, 1.165) is 38.5 Å². The van der Waals surface area contributed by atoms with Gasteiger partial charge in [-0.3, -0.25) is 0 Å². The molecule has 0 aromatic heterocycles.